The Balaban J connectivity index is 2.01. The van der Waals surface area contributed by atoms with Crippen LogP contribution >= 0.6 is 11.6 Å². The molecule has 0 saturated carbocycles. The summed E-state index contributed by atoms with van der Waals surface area (Å²) in [5.74, 6) is 1.98. The summed E-state index contributed by atoms with van der Waals surface area (Å²) < 4.78 is 10.6. The third-order valence-corrected chi connectivity index (χ3v) is 3.64. The van der Waals surface area contributed by atoms with Gasteiger partial charge in [0.25, 0.3) is 0 Å². The first-order chi connectivity index (χ1) is 10.0. The summed E-state index contributed by atoms with van der Waals surface area (Å²) in [4.78, 5) is 12.2. The van der Waals surface area contributed by atoms with Gasteiger partial charge in [-0.15, -0.1) is 11.6 Å². The molecule has 2 atom stereocenters. The van der Waals surface area contributed by atoms with Gasteiger partial charge in [-0.05, 0) is 43.7 Å². The lowest BCUT2D eigenvalue weighted by Crippen LogP contribution is -2.29. The maximum Gasteiger partial charge on any atom is 0.243 e. The van der Waals surface area contributed by atoms with E-state index in [0.29, 0.717) is 5.76 Å². The van der Waals surface area contributed by atoms with Crippen molar-refractivity contribution in [2.75, 3.05) is 7.11 Å². The Bertz CT molecular complexity index is 606. The molecular weight excluding hydrogens is 290 g/mol. The Morgan fingerprint density at radius 1 is 1.24 bits per heavy atom. The van der Waals surface area contributed by atoms with Gasteiger partial charge >= 0.3 is 0 Å². The highest BCUT2D eigenvalue weighted by Gasteiger charge is 2.21. The van der Waals surface area contributed by atoms with Crippen LogP contribution in [0.1, 0.15) is 35.4 Å². The fraction of sp³-hybridized carbons (Fsp3) is 0.312. The Kier molecular flexibility index (Phi) is 4.91. The van der Waals surface area contributed by atoms with E-state index in [-0.39, 0.29) is 11.9 Å². The van der Waals surface area contributed by atoms with Gasteiger partial charge in [-0.2, -0.15) is 0 Å². The second kappa shape index (κ2) is 6.68. The van der Waals surface area contributed by atoms with Crippen LogP contribution in [0.15, 0.2) is 40.8 Å². The number of methoxy groups -OCH3 is 1. The van der Waals surface area contributed by atoms with Gasteiger partial charge in [0, 0.05) is 0 Å². The van der Waals surface area contributed by atoms with Gasteiger partial charge in [-0.25, -0.2) is 0 Å². The second-order valence-electron chi connectivity index (χ2n) is 4.81. The van der Waals surface area contributed by atoms with E-state index in [0.717, 1.165) is 17.1 Å². The Hall–Kier alpha value is -1.94. The van der Waals surface area contributed by atoms with Crippen LogP contribution in [-0.2, 0) is 4.79 Å². The highest BCUT2D eigenvalue weighted by Crippen LogP contribution is 2.24. The molecule has 5 heteroatoms. The number of carbonyl (C=O) groups is 1. The number of benzene rings is 1. The van der Waals surface area contributed by atoms with Gasteiger partial charge < -0.3 is 14.5 Å². The number of aryl methyl sites for hydroxylation is 1. The molecule has 2 rings (SSSR count). The van der Waals surface area contributed by atoms with Gasteiger partial charge in [0.1, 0.15) is 22.6 Å². The number of furan rings is 1. The predicted octanol–water partition coefficient (Wildman–Crippen LogP) is 3.75. The van der Waals surface area contributed by atoms with Gasteiger partial charge in [-0.3, -0.25) is 4.79 Å². The third-order valence-electron chi connectivity index (χ3n) is 3.19. The lowest BCUT2D eigenvalue weighted by atomic mass is 10.1. The summed E-state index contributed by atoms with van der Waals surface area (Å²) in [5, 5.41) is 2.09. The van der Waals surface area contributed by atoms with Crippen LogP contribution in [0.5, 0.6) is 5.75 Å². The zero-order valence-electron chi connectivity index (χ0n) is 12.2. The monoisotopic (exact) mass is 307 g/mol. The van der Waals surface area contributed by atoms with E-state index in [4.69, 9.17) is 20.8 Å². The minimum atomic E-state index is -0.755. The first-order valence-corrected chi connectivity index (χ1v) is 7.09. The molecule has 2 unspecified atom stereocenters. The molecule has 0 spiro atoms. The van der Waals surface area contributed by atoms with Crippen LogP contribution in [0, 0.1) is 6.92 Å². The van der Waals surface area contributed by atoms with E-state index in [1.165, 1.54) is 0 Å². The quantitative estimate of drug-likeness (QED) is 0.856. The summed E-state index contributed by atoms with van der Waals surface area (Å²) in [6.45, 7) is 3.72. The molecule has 1 aromatic heterocycles. The molecule has 0 aliphatic carbocycles. The molecule has 4 nitrogen and oxygen atoms in total. The molecule has 1 aromatic carbocycles. The lowest BCUT2D eigenvalue weighted by molar-refractivity contribution is -0.121. The molecule has 2 aromatic rings. The first-order valence-electron chi connectivity index (χ1n) is 6.66. The molecule has 0 radical (unpaired) electrons. The van der Waals surface area contributed by atoms with Crippen molar-refractivity contribution in [2.45, 2.75) is 25.3 Å². The van der Waals surface area contributed by atoms with Crippen LogP contribution in [0.2, 0.25) is 0 Å². The second-order valence-corrected chi connectivity index (χ2v) is 5.25. The number of rotatable bonds is 5. The van der Waals surface area contributed by atoms with Crippen molar-refractivity contribution in [1.29, 1.82) is 0 Å². The van der Waals surface area contributed by atoms with Crippen LogP contribution in [0.4, 0.5) is 0 Å². The lowest BCUT2D eigenvalue weighted by Gasteiger charge is -2.15. The standard InChI is InChI=1S/C16H18ClNO3/c1-10-4-9-14(21-10)11(2)18-16(19)15(17)12-5-7-13(20-3)8-6-12/h4-9,11,15H,1-3H3,(H,18,19). The fourth-order valence-electron chi connectivity index (χ4n) is 1.97. The van der Waals surface area contributed by atoms with Crippen molar-refractivity contribution in [3.05, 3.63) is 53.5 Å². The molecule has 1 amide bonds. The summed E-state index contributed by atoms with van der Waals surface area (Å²) in [7, 11) is 1.59. The number of hydrogen-bond acceptors (Lipinski definition) is 3. The zero-order valence-corrected chi connectivity index (χ0v) is 13.0. The SMILES string of the molecule is COc1ccc(C(Cl)C(=O)NC(C)c2ccc(C)o2)cc1. The minimum Gasteiger partial charge on any atom is -0.497 e. The predicted molar refractivity (Wildman–Crippen MR) is 81.6 cm³/mol. The average molecular weight is 308 g/mol. The van der Waals surface area contributed by atoms with Gasteiger partial charge in [-0.1, -0.05) is 12.1 Å². The summed E-state index contributed by atoms with van der Waals surface area (Å²) in [5.41, 5.74) is 0.720. The summed E-state index contributed by atoms with van der Waals surface area (Å²) in [6, 6.07) is 10.6. The molecule has 0 aliphatic rings. The highest BCUT2D eigenvalue weighted by atomic mass is 35.5. The van der Waals surface area contributed by atoms with Crippen LogP contribution in [0.25, 0.3) is 0 Å². The third kappa shape index (κ3) is 3.79. The molecule has 112 valence electrons. The fourth-order valence-corrected chi connectivity index (χ4v) is 2.18. The molecule has 0 bridgehead atoms. The van der Waals surface area contributed by atoms with E-state index in [1.54, 1.807) is 31.4 Å². The highest BCUT2D eigenvalue weighted by molar-refractivity contribution is 6.30. The molecule has 0 fully saturated rings. The maximum absolute atomic E-state index is 12.2. The first kappa shape index (κ1) is 15.4. The van der Waals surface area contributed by atoms with E-state index in [2.05, 4.69) is 5.32 Å². The molecule has 0 saturated heterocycles. The van der Waals surface area contributed by atoms with Crippen molar-refractivity contribution >= 4 is 17.5 Å². The van der Waals surface area contributed by atoms with Crippen LogP contribution < -0.4 is 10.1 Å². The van der Waals surface area contributed by atoms with Crippen LogP contribution in [-0.4, -0.2) is 13.0 Å². The average Bonchev–Trinajstić information content (AvgIpc) is 2.93. The zero-order chi connectivity index (χ0) is 15.4. The maximum atomic E-state index is 12.2. The van der Waals surface area contributed by atoms with E-state index >= 15 is 0 Å². The number of alkyl halides is 1. The van der Waals surface area contributed by atoms with Crippen molar-refractivity contribution < 1.29 is 13.9 Å². The molecular formula is C16H18ClNO3. The molecule has 1 heterocycles. The molecule has 0 aliphatic heterocycles. The van der Waals surface area contributed by atoms with Crippen molar-refractivity contribution in [2.24, 2.45) is 0 Å². The van der Waals surface area contributed by atoms with Gasteiger partial charge in [0.15, 0.2) is 0 Å². The number of hydrogen-bond donors (Lipinski definition) is 1. The minimum absolute atomic E-state index is 0.231. The molecule has 21 heavy (non-hydrogen) atoms. The Morgan fingerprint density at radius 3 is 2.43 bits per heavy atom. The van der Waals surface area contributed by atoms with E-state index < -0.39 is 5.38 Å². The number of ether oxygens (including phenoxy) is 1. The number of amides is 1. The number of carbonyl (C=O) groups excluding carboxylic acids is 1. The summed E-state index contributed by atoms with van der Waals surface area (Å²) >= 11 is 6.21. The Morgan fingerprint density at radius 2 is 1.90 bits per heavy atom. The smallest absolute Gasteiger partial charge is 0.243 e. The summed E-state index contributed by atoms with van der Waals surface area (Å²) in [6.07, 6.45) is 0. The van der Waals surface area contributed by atoms with Crippen molar-refractivity contribution in [3.63, 3.8) is 0 Å². The topological polar surface area (TPSA) is 51.5 Å². The van der Waals surface area contributed by atoms with E-state index in [9.17, 15) is 4.79 Å². The normalized spacial score (nSPS) is 13.5. The number of halogens is 1. The van der Waals surface area contributed by atoms with Crippen molar-refractivity contribution in [1.82, 2.24) is 5.32 Å². The largest absolute Gasteiger partial charge is 0.497 e. The number of nitrogens with one attached hydrogen (secondary N) is 1. The molecule has 1 N–H and O–H groups in total. The van der Waals surface area contributed by atoms with Crippen LogP contribution in [0.3, 0.4) is 0 Å². The Labute approximate surface area is 129 Å². The van der Waals surface area contributed by atoms with Gasteiger partial charge in [0.05, 0.1) is 13.2 Å². The van der Waals surface area contributed by atoms with E-state index in [1.807, 2.05) is 26.0 Å². The van der Waals surface area contributed by atoms with Crippen molar-refractivity contribution in [3.8, 4) is 5.75 Å². The van der Waals surface area contributed by atoms with Gasteiger partial charge in [0.2, 0.25) is 5.91 Å².